The Kier molecular flexibility index (Phi) is 7.70. The number of hydrazine groups is 1. The lowest BCUT2D eigenvalue weighted by molar-refractivity contribution is -0.122. The number of halogens is 3. The number of nitrogens with zero attached hydrogens (tertiary/aromatic N) is 4. The molecule has 0 aliphatic carbocycles. The van der Waals surface area contributed by atoms with Crippen LogP contribution < -0.4 is 20.9 Å². The number of thiocarbonyl (C=S) groups is 1. The van der Waals surface area contributed by atoms with Crippen LogP contribution in [0.3, 0.4) is 0 Å². The second-order valence-corrected chi connectivity index (χ2v) is 8.21. The minimum absolute atomic E-state index is 0.0723. The number of tetrazole rings is 1. The summed E-state index contributed by atoms with van der Waals surface area (Å²) in [5.74, 6) is 0.183. The minimum atomic E-state index is -0.491. The molecule has 0 bridgehead atoms. The summed E-state index contributed by atoms with van der Waals surface area (Å²) < 4.78 is 19.2. The molecule has 0 unspecified atom stereocenters. The van der Waals surface area contributed by atoms with Crippen molar-refractivity contribution in [3.8, 4) is 22.9 Å². The van der Waals surface area contributed by atoms with Crippen molar-refractivity contribution in [2.75, 3.05) is 5.32 Å². The Balaban J connectivity index is 1.37. The largest absolute Gasteiger partial charge is 0.455 e. The van der Waals surface area contributed by atoms with Gasteiger partial charge in [0.15, 0.2) is 5.11 Å². The maximum atomic E-state index is 13.3. The van der Waals surface area contributed by atoms with Gasteiger partial charge >= 0.3 is 0 Å². The monoisotopic (exact) mass is 531 g/mol. The standard InChI is InChI=1S/C22H16Cl2FN7O2S/c23-13-8-9-19(17(24)10-13)34-18-7-2-1-6-16(18)21-28-31-32(30-21)12-20(33)27-29-22(35)26-15-5-3-4-14(25)11-15/h1-11H,12H2,(H,27,33)(H2,26,29,35). The molecule has 1 aromatic heterocycles. The second kappa shape index (κ2) is 11.1. The van der Waals surface area contributed by atoms with E-state index in [-0.39, 0.29) is 17.5 Å². The van der Waals surface area contributed by atoms with Crippen molar-refractivity contribution in [2.24, 2.45) is 0 Å². The predicted octanol–water partition coefficient (Wildman–Crippen LogP) is 4.60. The molecule has 3 aromatic carbocycles. The van der Waals surface area contributed by atoms with Gasteiger partial charge in [-0.15, -0.1) is 10.2 Å². The number of carbonyl (C=O) groups is 1. The molecular weight excluding hydrogens is 516 g/mol. The first-order chi connectivity index (χ1) is 16.9. The molecule has 0 atom stereocenters. The summed E-state index contributed by atoms with van der Waals surface area (Å²) in [5.41, 5.74) is 5.90. The van der Waals surface area contributed by atoms with Crippen LogP contribution in [0.25, 0.3) is 11.4 Å². The van der Waals surface area contributed by atoms with Crippen LogP contribution in [0.2, 0.25) is 10.0 Å². The molecule has 0 aliphatic rings. The van der Waals surface area contributed by atoms with E-state index in [2.05, 4.69) is 31.6 Å². The lowest BCUT2D eigenvalue weighted by Crippen LogP contribution is -2.45. The lowest BCUT2D eigenvalue weighted by atomic mass is 10.2. The number of benzene rings is 3. The number of nitrogens with one attached hydrogen (secondary N) is 3. The number of hydrogen-bond acceptors (Lipinski definition) is 6. The van der Waals surface area contributed by atoms with Crippen molar-refractivity contribution in [1.29, 1.82) is 0 Å². The minimum Gasteiger partial charge on any atom is -0.455 e. The van der Waals surface area contributed by atoms with E-state index in [1.807, 2.05) is 0 Å². The van der Waals surface area contributed by atoms with E-state index in [9.17, 15) is 9.18 Å². The van der Waals surface area contributed by atoms with Gasteiger partial charge in [-0.05, 0) is 66.0 Å². The summed E-state index contributed by atoms with van der Waals surface area (Å²) in [4.78, 5) is 13.4. The van der Waals surface area contributed by atoms with Gasteiger partial charge in [0.05, 0.1) is 10.6 Å². The highest BCUT2D eigenvalue weighted by molar-refractivity contribution is 7.80. The van der Waals surface area contributed by atoms with E-state index in [1.165, 1.54) is 18.2 Å². The SMILES string of the molecule is O=C(Cn1nnc(-c2ccccc2Oc2ccc(Cl)cc2Cl)n1)NNC(=S)Nc1cccc(F)c1. The number of rotatable bonds is 6. The average molecular weight is 532 g/mol. The van der Waals surface area contributed by atoms with Gasteiger partial charge in [-0.2, -0.15) is 4.80 Å². The number of para-hydroxylation sites is 1. The van der Waals surface area contributed by atoms with Gasteiger partial charge in [0.2, 0.25) is 5.82 Å². The zero-order valence-electron chi connectivity index (χ0n) is 17.7. The number of aromatic nitrogens is 4. The zero-order chi connectivity index (χ0) is 24.8. The first-order valence-corrected chi connectivity index (χ1v) is 11.2. The molecule has 0 fully saturated rings. The van der Waals surface area contributed by atoms with Gasteiger partial charge in [0.1, 0.15) is 23.9 Å². The highest BCUT2D eigenvalue weighted by Gasteiger charge is 2.15. The Labute approximate surface area is 214 Å². The van der Waals surface area contributed by atoms with Gasteiger partial charge < -0.3 is 10.1 Å². The fraction of sp³-hybridized carbons (Fsp3) is 0.0455. The van der Waals surface area contributed by atoms with Gasteiger partial charge in [-0.3, -0.25) is 15.6 Å². The Hall–Kier alpha value is -3.80. The Morgan fingerprint density at radius 3 is 2.66 bits per heavy atom. The molecular formula is C22H16Cl2FN7O2S. The molecule has 4 aromatic rings. The van der Waals surface area contributed by atoms with Crippen LogP contribution in [-0.4, -0.2) is 31.2 Å². The molecule has 0 saturated carbocycles. The Morgan fingerprint density at radius 1 is 1.03 bits per heavy atom. The van der Waals surface area contributed by atoms with Crippen LogP contribution in [0.1, 0.15) is 0 Å². The van der Waals surface area contributed by atoms with E-state index < -0.39 is 11.7 Å². The summed E-state index contributed by atoms with van der Waals surface area (Å²) >= 11 is 17.2. The van der Waals surface area contributed by atoms with Crippen LogP contribution >= 0.6 is 35.4 Å². The molecule has 13 heteroatoms. The number of ether oxygens (including phenoxy) is 1. The summed E-state index contributed by atoms with van der Waals surface area (Å²) in [7, 11) is 0. The topological polar surface area (TPSA) is 106 Å². The highest BCUT2D eigenvalue weighted by Crippen LogP contribution is 2.35. The number of carbonyl (C=O) groups excluding carboxylic acids is 1. The molecule has 0 aliphatic heterocycles. The van der Waals surface area contributed by atoms with Crippen molar-refractivity contribution < 1.29 is 13.9 Å². The fourth-order valence-electron chi connectivity index (χ4n) is 2.86. The molecule has 178 valence electrons. The zero-order valence-corrected chi connectivity index (χ0v) is 20.0. The van der Waals surface area contributed by atoms with Crippen molar-refractivity contribution in [3.05, 3.63) is 82.6 Å². The molecule has 1 heterocycles. The molecule has 1 amide bonds. The highest BCUT2D eigenvalue weighted by atomic mass is 35.5. The first kappa shape index (κ1) is 24.3. The molecule has 9 nitrogen and oxygen atoms in total. The third-order valence-electron chi connectivity index (χ3n) is 4.38. The summed E-state index contributed by atoms with van der Waals surface area (Å²) in [5, 5.41) is 15.8. The van der Waals surface area contributed by atoms with Crippen molar-refractivity contribution in [3.63, 3.8) is 0 Å². The van der Waals surface area contributed by atoms with Crippen molar-refractivity contribution in [1.82, 2.24) is 31.1 Å². The Morgan fingerprint density at radius 2 is 1.86 bits per heavy atom. The molecule has 0 radical (unpaired) electrons. The van der Waals surface area contributed by atoms with E-state index in [0.29, 0.717) is 32.8 Å². The maximum Gasteiger partial charge on any atom is 0.262 e. The van der Waals surface area contributed by atoms with Crippen LogP contribution in [0.15, 0.2) is 66.7 Å². The number of hydrogen-bond donors (Lipinski definition) is 3. The second-order valence-electron chi connectivity index (χ2n) is 6.95. The molecule has 0 spiro atoms. The Bertz CT molecular complexity index is 1390. The van der Waals surface area contributed by atoms with E-state index in [1.54, 1.807) is 48.5 Å². The third-order valence-corrected chi connectivity index (χ3v) is 5.11. The maximum absolute atomic E-state index is 13.3. The summed E-state index contributed by atoms with van der Waals surface area (Å²) in [6.45, 7) is -0.241. The van der Waals surface area contributed by atoms with Gasteiger partial charge in [0, 0.05) is 10.7 Å². The quantitative estimate of drug-likeness (QED) is 0.245. The van der Waals surface area contributed by atoms with Gasteiger partial charge in [-0.1, -0.05) is 41.4 Å². The van der Waals surface area contributed by atoms with Gasteiger partial charge in [-0.25, -0.2) is 4.39 Å². The number of amides is 1. The lowest BCUT2D eigenvalue weighted by Gasteiger charge is -2.11. The van der Waals surface area contributed by atoms with Crippen LogP contribution in [0, 0.1) is 5.82 Å². The average Bonchev–Trinajstić information content (AvgIpc) is 3.28. The van der Waals surface area contributed by atoms with E-state index in [0.717, 1.165) is 4.80 Å². The van der Waals surface area contributed by atoms with Crippen molar-refractivity contribution >= 4 is 52.1 Å². The van der Waals surface area contributed by atoms with Gasteiger partial charge in [0.25, 0.3) is 5.91 Å². The third kappa shape index (κ3) is 6.63. The van der Waals surface area contributed by atoms with Crippen LogP contribution in [-0.2, 0) is 11.3 Å². The molecule has 35 heavy (non-hydrogen) atoms. The first-order valence-electron chi connectivity index (χ1n) is 9.99. The molecule has 4 rings (SSSR count). The van der Waals surface area contributed by atoms with Crippen molar-refractivity contribution in [2.45, 2.75) is 6.54 Å². The van der Waals surface area contributed by atoms with Crippen LogP contribution in [0.4, 0.5) is 10.1 Å². The summed E-state index contributed by atoms with van der Waals surface area (Å²) in [6, 6.07) is 17.6. The fourth-order valence-corrected chi connectivity index (χ4v) is 3.47. The van der Waals surface area contributed by atoms with E-state index in [4.69, 9.17) is 40.2 Å². The molecule has 3 N–H and O–H groups in total. The normalized spacial score (nSPS) is 10.5. The number of anilines is 1. The van der Waals surface area contributed by atoms with E-state index >= 15 is 0 Å². The summed E-state index contributed by atoms with van der Waals surface area (Å²) in [6.07, 6.45) is 0. The molecule has 0 saturated heterocycles. The smallest absolute Gasteiger partial charge is 0.262 e. The van der Waals surface area contributed by atoms with Crippen LogP contribution in [0.5, 0.6) is 11.5 Å². The predicted molar refractivity (Wildman–Crippen MR) is 134 cm³/mol.